The lowest BCUT2D eigenvalue weighted by Gasteiger charge is -2.15. The molecule has 16 heavy (non-hydrogen) atoms. The van der Waals surface area contributed by atoms with Gasteiger partial charge in [-0.2, -0.15) is 0 Å². The van der Waals surface area contributed by atoms with Crippen LogP contribution in [0.3, 0.4) is 0 Å². The van der Waals surface area contributed by atoms with Gasteiger partial charge < -0.3 is 5.73 Å². The van der Waals surface area contributed by atoms with Gasteiger partial charge in [0.05, 0.1) is 5.75 Å². The van der Waals surface area contributed by atoms with E-state index < -0.39 is 9.84 Å². The predicted octanol–water partition coefficient (Wildman–Crippen LogP) is 1.82. The normalized spacial score (nSPS) is 13.7. The van der Waals surface area contributed by atoms with Crippen molar-refractivity contribution < 1.29 is 8.42 Å². The molecule has 1 unspecified atom stereocenters. The predicted molar refractivity (Wildman–Crippen MR) is 67.6 cm³/mol. The lowest BCUT2D eigenvalue weighted by atomic mass is 9.97. The zero-order valence-corrected chi connectivity index (χ0v) is 10.8. The van der Waals surface area contributed by atoms with Crippen LogP contribution in [0.25, 0.3) is 0 Å². The Hall–Kier alpha value is -0.580. The SMILES string of the molecule is CS(=O)(=O)CCC(CN)c1ccccc1Cl. The zero-order chi connectivity index (χ0) is 12.2. The molecule has 5 heteroatoms. The first-order valence-corrected chi connectivity index (χ1v) is 7.50. The molecule has 0 heterocycles. The molecule has 0 aliphatic rings. The van der Waals surface area contributed by atoms with Gasteiger partial charge in [0.15, 0.2) is 0 Å². The van der Waals surface area contributed by atoms with Crippen molar-refractivity contribution in [2.45, 2.75) is 12.3 Å². The zero-order valence-electron chi connectivity index (χ0n) is 9.19. The highest BCUT2D eigenvalue weighted by Crippen LogP contribution is 2.26. The average Bonchev–Trinajstić information content (AvgIpc) is 2.20. The van der Waals surface area contributed by atoms with Crippen LogP contribution in [0.5, 0.6) is 0 Å². The van der Waals surface area contributed by atoms with E-state index in [9.17, 15) is 8.42 Å². The first-order chi connectivity index (χ1) is 7.44. The minimum atomic E-state index is -2.95. The molecule has 0 bridgehead atoms. The van der Waals surface area contributed by atoms with Gasteiger partial charge in [0.1, 0.15) is 9.84 Å². The molecule has 0 saturated heterocycles. The summed E-state index contributed by atoms with van der Waals surface area (Å²) in [6.07, 6.45) is 1.74. The fraction of sp³-hybridized carbons (Fsp3) is 0.455. The van der Waals surface area contributed by atoms with Gasteiger partial charge in [0.2, 0.25) is 0 Å². The van der Waals surface area contributed by atoms with Crippen LogP contribution in [0.15, 0.2) is 24.3 Å². The Morgan fingerprint density at radius 3 is 2.50 bits per heavy atom. The molecule has 90 valence electrons. The minimum Gasteiger partial charge on any atom is -0.330 e. The van der Waals surface area contributed by atoms with E-state index in [4.69, 9.17) is 17.3 Å². The molecule has 0 radical (unpaired) electrons. The summed E-state index contributed by atoms with van der Waals surface area (Å²) in [5, 5.41) is 0.645. The molecule has 0 saturated carbocycles. The van der Waals surface area contributed by atoms with E-state index in [1.165, 1.54) is 6.26 Å². The van der Waals surface area contributed by atoms with E-state index in [1.807, 2.05) is 18.2 Å². The average molecular weight is 262 g/mol. The lowest BCUT2D eigenvalue weighted by Crippen LogP contribution is -2.17. The molecule has 1 rings (SSSR count). The molecule has 1 aromatic rings. The summed E-state index contributed by atoms with van der Waals surface area (Å²) in [5.74, 6) is 0.142. The van der Waals surface area contributed by atoms with Gasteiger partial charge in [-0.1, -0.05) is 29.8 Å². The van der Waals surface area contributed by atoms with Crippen LogP contribution in [-0.2, 0) is 9.84 Å². The topological polar surface area (TPSA) is 60.2 Å². The number of benzene rings is 1. The van der Waals surface area contributed by atoms with E-state index in [0.717, 1.165) is 5.56 Å². The van der Waals surface area contributed by atoms with Crippen LogP contribution in [0.2, 0.25) is 5.02 Å². The Bertz CT molecular complexity index is 445. The van der Waals surface area contributed by atoms with Gasteiger partial charge in [0, 0.05) is 11.3 Å². The Morgan fingerprint density at radius 1 is 1.38 bits per heavy atom. The van der Waals surface area contributed by atoms with E-state index >= 15 is 0 Å². The summed E-state index contributed by atoms with van der Waals surface area (Å²) in [4.78, 5) is 0. The number of hydrogen-bond acceptors (Lipinski definition) is 3. The summed E-state index contributed by atoms with van der Waals surface area (Å²) in [7, 11) is -2.95. The smallest absolute Gasteiger partial charge is 0.147 e. The van der Waals surface area contributed by atoms with Gasteiger partial charge in [0.25, 0.3) is 0 Å². The molecule has 2 N–H and O–H groups in total. The van der Waals surface area contributed by atoms with Crippen molar-refractivity contribution in [3.05, 3.63) is 34.9 Å². The van der Waals surface area contributed by atoms with Crippen molar-refractivity contribution in [3.8, 4) is 0 Å². The molecular formula is C11H16ClNO2S. The number of rotatable bonds is 5. The highest BCUT2D eigenvalue weighted by atomic mass is 35.5. The summed E-state index contributed by atoms with van der Waals surface area (Å²) < 4.78 is 22.2. The Morgan fingerprint density at radius 2 is 2.00 bits per heavy atom. The molecule has 0 aliphatic carbocycles. The van der Waals surface area contributed by atoms with Gasteiger partial charge >= 0.3 is 0 Å². The third-order valence-corrected chi connectivity index (χ3v) is 3.79. The quantitative estimate of drug-likeness (QED) is 0.880. The van der Waals surface area contributed by atoms with Crippen LogP contribution < -0.4 is 5.73 Å². The van der Waals surface area contributed by atoms with Crippen molar-refractivity contribution in [3.63, 3.8) is 0 Å². The highest BCUT2D eigenvalue weighted by Gasteiger charge is 2.15. The van der Waals surface area contributed by atoms with Crippen LogP contribution >= 0.6 is 11.6 Å². The fourth-order valence-corrected chi connectivity index (χ4v) is 2.57. The van der Waals surface area contributed by atoms with Crippen molar-refractivity contribution >= 4 is 21.4 Å². The summed E-state index contributed by atoms with van der Waals surface area (Å²) in [5.41, 5.74) is 6.58. The van der Waals surface area contributed by atoms with E-state index in [2.05, 4.69) is 0 Å². The molecule has 3 nitrogen and oxygen atoms in total. The Balaban J connectivity index is 2.79. The second-order valence-corrected chi connectivity index (χ2v) is 6.54. The molecule has 0 amide bonds. The Labute approximate surface area is 102 Å². The minimum absolute atomic E-state index is 0.00317. The standard InChI is InChI=1S/C11H16ClNO2S/c1-16(14,15)7-6-9(8-13)10-4-2-3-5-11(10)12/h2-5,9H,6-8,13H2,1H3. The van der Waals surface area contributed by atoms with Gasteiger partial charge in [-0.05, 0) is 30.5 Å². The molecule has 1 atom stereocenters. The summed E-state index contributed by atoms with van der Waals surface area (Å²) in [6, 6.07) is 7.41. The lowest BCUT2D eigenvalue weighted by molar-refractivity contribution is 0.590. The molecule has 0 fully saturated rings. The van der Waals surface area contributed by atoms with Crippen LogP contribution in [0.1, 0.15) is 17.9 Å². The first kappa shape index (κ1) is 13.5. The fourth-order valence-electron chi connectivity index (χ4n) is 1.56. The Kier molecular flexibility index (Phi) is 4.77. The summed E-state index contributed by atoms with van der Waals surface area (Å²) in [6.45, 7) is 0.402. The molecule has 1 aromatic carbocycles. The van der Waals surface area contributed by atoms with Crippen LogP contribution in [0, 0.1) is 0 Å². The van der Waals surface area contributed by atoms with Crippen molar-refractivity contribution in [1.29, 1.82) is 0 Å². The third kappa shape index (κ3) is 4.12. The van der Waals surface area contributed by atoms with E-state index in [0.29, 0.717) is 18.0 Å². The van der Waals surface area contributed by atoms with Gasteiger partial charge in [-0.15, -0.1) is 0 Å². The van der Waals surface area contributed by atoms with E-state index in [1.54, 1.807) is 6.07 Å². The van der Waals surface area contributed by atoms with Crippen LogP contribution in [0.4, 0.5) is 0 Å². The molecule has 0 aromatic heterocycles. The van der Waals surface area contributed by atoms with E-state index in [-0.39, 0.29) is 11.7 Å². The first-order valence-electron chi connectivity index (χ1n) is 5.06. The second-order valence-electron chi connectivity index (χ2n) is 3.87. The highest BCUT2D eigenvalue weighted by molar-refractivity contribution is 7.90. The molecule has 0 spiro atoms. The largest absolute Gasteiger partial charge is 0.330 e. The third-order valence-electron chi connectivity index (χ3n) is 2.47. The molecule has 0 aliphatic heterocycles. The maximum absolute atomic E-state index is 11.1. The monoisotopic (exact) mass is 261 g/mol. The van der Waals surface area contributed by atoms with Crippen molar-refractivity contribution in [2.24, 2.45) is 5.73 Å². The summed E-state index contributed by atoms with van der Waals surface area (Å²) >= 11 is 6.04. The van der Waals surface area contributed by atoms with Crippen molar-refractivity contribution in [1.82, 2.24) is 0 Å². The molecular weight excluding hydrogens is 246 g/mol. The van der Waals surface area contributed by atoms with Gasteiger partial charge in [-0.3, -0.25) is 0 Å². The van der Waals surface area contributed by atoms with Crippen molar-refractivity contribution in [2.75, 3.05) is 18.6 Å². The van der Waals surface area contributed by atoms with Gasteiger partial charge in [-0.25, -0.2) is 8.42 Å². The number of sulfone groups is 1. The maximum Gasteiger partial charge on any atom is 0.147 e. The number of nitrogens with two attached hydrogens (primary N) is 1. The second kappa shape index (κ2) is 5.66. The maximum atomic E-state index is 11.1. The number of halogens is 1. The number of hydrogen-bond donors (Lipinski definition) is 1. The van der Waals surface area contributed by atoms with Crippen LogP contribution in [-0.4, -0.2) is 27.0 Å².